The Labute approximate surface area is 572 Å². The van der Waals surface area contributed by atoms with Gasteiger partial charge in [0.1, 0.15) is 54.4 Å². The molecule has 26 nitrogen and oxygen atoms in total. The van der Waals surface area contributed by atoms with Gasteiger partial charge in [0, 0.05) is 67.1 Å². The van der Waals surface area contributed by atoms with Crippen LogP contribution in [0.4, 0.5) is 0 Å². The fourth-order valence-corrected chi connectivity index (χ4v) is 11.9. The first-order chi connectivity index (χ1) is 44.5. The molecule has 546 valence electrons. The van der Waals surface area contributed by atoms with E-state index in [0.717, 1.165) is 20.4 Å². The van der Waals surface area contributed by atoms with Crippen molar-refractivity contribution >= 4 is 65.0 Å². The molecule has 1 fully saturated rings. The number of nitrogens with zero attached hydrogens (tertiary/aromatic N) is 8. The van der Waals surface area contributed by atoms with Crippen molar-refractivity contribution in [2.75, 3.05) is 69.0 Å². The molecule has 0 radical (unpaired) electrons. The van der Waals surface area contributed by atoms with Crippen LogP contribution in [0, 0.1) is 47.3 Å². The summed E-state index contributed by atoms with van der Waals surface area (Å²) in [4.78, 5) is 176. The molecule has 1 saturated heterocycles. The maximum absolute atomic E-state index is 15.4. The van der Waals surface area contributed by atoms with Crippen molar-refractivity contribution in [2.24, 2.45) is 47.3 Å². The number of ether oxygens (including phenoxy) is 1. The highest BCUT2D eigenvalue weighted by Crippen LogP contribution is 2.25. The number of aliphatic hydroxyl groups is 2. The van der Waals surface area contributed by atoms with Crippen LogP contribution in [0.15, 0.2) is 24.4 Å². The van der Waals surface area contributed by atoms with Crippen LogP contribution in [0.25, 0.3) is 0 Å². The van der Waals surface area contributed by atoms with E-state index in [1.807, 2.05) is 99.4 Å². The van der Waals surface area contributed by atoms with Crippen LogP contribution in [0.1, 0.15) is 162 Å². The van der Waals surface area contributed by atoms with Gasteiger partial charge >= 0.3 is 5.97 Å². The van der Waals surface area contributed by atoms with Gasteiger partial charge in [-0.1, -0.05) is 110 Å². The summed E-state index contributed by atoms with van der Waals surface area (Å²) in [5.41, 5.74) is 0.881. The lowest BCUT2D eigenvalue weighted by Gasteiger charge is -2.40. The summed E-state index contributed by atoms with van der Waals surface area (Å²) in [5.74, 6) is -11.7. The highest BCUT2D eigenvalue weighted by Gasteiger charge is 2.46. The van der Waals surface area contributed by atoms with Gasteiger partial charge in [0.15, 0.2) is 6.10 Å². The van der Waals surface area contributed by atoms with E-state index in [4.69, 9.17) is 4.74 Å². The molecule has 1 aliphatic rings. The zero-order valence-corrected chi connectivity index (χ0v) is 62.3. The van der Waals surface area contributed by atoms with E-state index in [2.05, 4.69) is 26.3 Å². The Morgan fingerprint density at radius 2 is 0.969 bits per heavy atom. The Kier molecular flexibility index (Phi) is 35.1. The van der Waals surface area contributed by atoms with Gasteiger partial charge < -0.3 is 70.5 Å². The Morgan fingerprint density at radius 1 is 0.521 bits per heavy atom. The first-order valence-corrected chi connectivity index (χ1v) is 34.4. The van der Waals surface area contributed by atoms with Crippen molar-refractivity contribution < 1.29 is 67.7 Å². The monoisotopic (exact) mass is 1350 g/mol. The zero-order valence-electron chi connectivity index (χ0n) is 62.3. The topological polar surface area (TPSA) is 321 Å². The largest absolute Gasteiger partial charge is 0.450 e. The van der Waals surface area contributed by atoms with Crippen molar-refractivity contribution in [3.05, 3.63) is 30.1 Å². The molecule has 0 aliphatic carbocycles. The normalized spacial score (nSPS) is 25.4. The van der Waals surface area contributed by atoms with Gasteiger partial charge in [0.2, 0.25) is 53.2 Å². The van der Waals surface area contributed by atoms with Crippen LogP contribution >= 0.6 is 0 Å². The first kappa shape index (κ1) is 85.3. The second-order valence-electron chi connectivity index (χ2n) is 29.6. The van der Waals surface area contributed by atoms with Gasteiger partial charge in [-0.05, 0) is 125 Å². The second-order valence-corrected chi connectivity index (χ2v) is 29.6. The fourth-order valence-electron chi connectivity index (χ4n) is 11.9. The molecule has 2 rings (SSSR count). The van der Waals surface area contributed by atoms with Crippen molar-refractivity contribution in [1.82, 2.24) is 60.6 Å². The minimum absolute atomic E-state index is 0.0718. The molecule has 1 aromatic rings. The van der Waals surface area contributed by atoms with Crippen molar-refractivity contribution in [2.45, 2.75) is 235 Å². The Bertz CT molecular complexity index is 2730. The van der Waals surface area contributed by atoms with Crippen LogP contribution in [0.3, 0.4) is 0 Å². The number of pyridine rings is 1. The molecule has 26 heteroatoms. The molecule has 96 heavy (non-hydrogen) atoms. The number of aliphatic hydroxyl groups excluding tert-OH is 2. The smallest absolute Gasteiger partial charge is 0.329 e. The summed E-state index contributed by atoms with van der Waals surface area (Å²) >= 11 is 0. The highest BCUT2D eigenvalue weighted by molar-refractivity contribution is 5.99. The van der Waals surface area contributed by atoms with Gasteiger partial charge in [-0.3, -0.25) is 52.9 Å². The SMILES string of the molecule is CC(C)C[C@@H]1NC(=O)[C@H](CC(C)C)N(C)C(=O)CN(C)C(=O)[C@@H](C(C)O)NC(=O)[C@@H](C(O)[C@H](C)CCN(C)CCc2ccccn2)N(C)C(=O)[C@H](C(C)C)N(C)C(=O)[C@H](CC(C)C)NC(=O)[C@@H](CC(C)C)N(C)C(=O)[C@@H](C(C)C)OC(=O)[C@@H](C)NC(=O)[C@@H](CC(C)C)N(C)C1=O. The lowest BCUT2D eigenvalue weighted by molar-refractivity contribution is -0.166. The van der Waals surface area contributed by atoms with Crippen LogP contribution in [0.5, 0.6) is 0 Å². The number of carbonyl (C=O) groups excluding carboxylic acids is 11. The number of rotatable bonds is 21. The van der Waals surface area contributed by atoms with Gasteiger partial charge in [0.25, 0.3) is 5.91 Å². The van der Waals surface area contributed by atoms with Crippen LogP contribution in [-0.4, -0.2) is 256 Å². The number of hydrogen-bond donors (Lipinski definition) is 6. The number of cyclic esters (lactones) is 1. The predicted octanol–water partition coefficient (Wildman–Crippen LogP) is 3.34. The molecule has 1 aliphatic heterocycles. The minimum atomic E-state index is -1.77. The highest BCUT2D eigenvalue weighted by atomic mass is 16.6. The molecule has 6 N–H and O–H groups in total. The van der Waals surface area contributed by atoms with Crippen molar-refractivity contribution in [1.29, 1.82) is 0 Å². The van der Waals surface area contributed by atoms with E-state index in [-0.39, 0.29) is 61.7 Å². The third-order valence-electron chi connectivity index (χ3n) is 17.8. The van der Waals surface area contributed by atoms with Crippen LogP contribution in [0.2, 0.25) is 0 Å². The molecular weight excluding hydrogens is 1230 g/mol. The Balaban J connectivity index is 3.02. The zero-order chi connectivity index (χ0) is 73.7. The van der Waals surface area contributed by atoms with Gasteiger partial charge in [0.05, 0.1) is 18.8 Å². The van der Waals surface area contributed by atoms with E-state index in [1.54, 1.807) is 40.8 Å². The van der Waals surface area contributed by atoms with Crippen molar-refractivity contribution in [3.63, 3.8) is 0 Å². The number of amides is 10. The number of esters is 1. The lowest BCUT2D eigenvalue weighted by atomic mass is 9.91. The molecular formula is C70H122N12O14. The third-order valence-corrected chi connectivity index (χ3v) is 17.8. The molecule has 2 heterocycles. The standard InChI is InChI=1S/C70H122N12O14/c1-39(2)33-50-65(90)79(21)53(36-42(7)8)61(86)72-47(16)70(95)96-60(45(13)14)69(94)80(22)54(37-43(9)10)63(88)74-51(34-40(3)4)66(91)81(23)57(44(11)12)68(93)82(24)58(59(85)46(15)28-31-76(18)32-29-49-27-25-26-30-71-49)64(89)75-56(48(17)83)67(92)77(19)38-55(84)78(20)52(35-41(5)6)62(87)73-50/h25-27,30,39-48,50-54,56-60,83,85H,28-29,31-38H2,1-24H3,(H,72,86)(H,73,87)(H,74,88)(H,75,89)/t46-,47-,48?,50+,51+,52+,53-,54-,56-,57+,58-,59?,60-/m1/s1. The summed E-state index contributed by atoms with van der Waals surface area (Å²) in [5, 5.41) is 34.9. The van der Waals surface area contributed by atoms with Crippen molar-refractivity contribution in [3.8, 4) is 0 Å². The molecule has 0 saturated carbocycles. The average molecular weight is 1360 g/mol. The quantitative estimate of drug-likeness (QED) is 0.0962. The molecule has 0 bridgehead atoms. The van der Waals surface area contributed by atoms with Gasteiger partial charge in [-0.2, -0.15) is 0 Å². The van der Waals surface area contributed by atoms with E-state index in [0.29, 0.717) is 25.9 Å². The predicted molar refractivity (Wildman–Crippen MR) is 368 cm³/mol. The molecule has 0 spiro atoms. The second kappa shape index (κ2) is 39.6. The summed E-state index contributed by atoms with van der Waals surface area (Å²) in [6.07, 6.45) is -1.57. The number of nitrogens with one attached hydrogen (secondary N) is 4. The average Bonchev–Trinajstić information content (AvgIpc) is 0.813. The molecule has 2 unspecified atom stereocenters. The van der Waals surface area contributed by atoms with Crippen LogP contribution in [-0.2, 0) is 63.9 Å². The molecule has 10 amide bonds. The maximum Gasteiger partial charge on any atom is 0.329 e. The number of carbonyl (C=O) groups is 11. The van der Waals surface area contributed by atoms with E-state index < -0.39 is 162 Å². The van der Waals surface area contributed by atoms with E-state index in [9.17, 15) is 48.6 Å². The molecule has 0 aromatic carbocycles. The molecule has 1 aromatic heterocycles. The number of likely N-dealkylation sites (N-methyl/N-ethyl adjacent to an activating group) is 7. The maximum atomic E-state index is 15.4. The Morgan fingerprint density at radius 3 is 1.41 bits per heavy atom. The summed E-state index contributed by atoms with van der Waals surface area (Å²) in [6, 6.07) is -6.73. The number of hydrogen-bond acceptors (Lipinski definition) is 16. The Hall–Kier alpha value is -6.80. The van der Waals surface area contributed by atoms with Gasteiger partial charge in [-0.15, -0.1) is 0 Å². The fraction of sp³-hybridized carbons (Fsp3) is 0.771. The molecule has 13 atom stereocenters. The number of aromatic nitrogens is 1. The summed E-state index contributed by atoms with van der Waals surface area (Å²) in [6.45, 7) is 29.8. The van der Waals surface area contributed by atoms with Crippen LogP contribution < -0.4 is 21.3 Å². The van der Waals surface area contributed by atoms with Gasteiger partial charge in [-0.25, -0.2) is 4.79 Å². The first-order valence-electron chi connectivity index (χ1n) is 34.4. The lowest BCUT2D eigenvalue weighted by Crippen LogP contribution is -2.64. The van der Waals surface area contributed by atoms with E-state index >= 15 is 14.4 Å². The minimum Gasteiger partial charge on any atom is -0.450 e. The summed E-state index contributed by atoms with van der Waals surface area (Å²) in [7, 11) is 10.1. The third kappa shape index (κ3) is 25.6. The van der Waals surface area contributed by atoms with E-state index in [1.165, 1.54) is 70.8 Å². The summed E-state index contributed by atoms with van der Waals surface area (Å²) < 4.78 is 5.92.